The topological polar surface area (TPSA) is 66.8 Å². The van der Waals surface area contributed by atoms with Crippen LogP contribution < -0.4 is 5.06 Å². The lowest BCUT2D eigenvalue weighted by molar-refractivity contribution is -0.141. The molecular formula is C18H14FNO4. The number of benzene rings is 2. The number of fused-ring (bicyclic) bond motifs is 1. The molecule has 6 heteroatoms. The molecule has 0 atom stereocenters. The number of hydrogen-bond donors (Lipinski definition) is 1. The van der Waals surface area contributed by atoms with Gasteiger partial charge >= 0.3 is 5.97 Å². The molecule has 1 aliphatic rings. The number of allylic oxidation sites excluding steroid dienone is 1. The summed E-state index contributed by atoms with van der Waals surface area (Å²) >= 11 is 0. The third-order valence-electron chi connectivity index (χ3n) is 3.61. The van der Waals surface area contributed by atoms with Crippen LogP contribution >= 0.6 is 0 Å². The molecule has 0 saturated carbocycles. The Hall–Kier alpha value is -3.15. The normalized spacial score (nSPS) is 12.3. The van der Waals surface area contributed by atoms with E-state index in [0.29, 0.717) is 17.7 Å². The first kappa shape index (κ1) is 15.7. The van der Waals surface area contributed by atoms with Crippen LogP contribution in [-0.4, -0.2) is 17.0 Å². The summed E-state index contributed by atoms with van der Waals surface area (Å²) in [6.45, 7) is 1.18. The van der Waals surface area contributed by atoms with E-state index >= 15 is 0 Å². The van der Waals surface area contributed by atoms with Crippen molar-refractivity contribution in [1.82, 2.24) is 0 Å². The van der Waals surface area contributed by atoms with Crippen molar-refractivity contribution in [3.63, 3.8) is 0 Å². The molecule has 24 heavy (non-hydrogen) atoms. The van der Waals surface area contributed by atoms with Crippen molar-refractivity contribution >= 4 is 23.3 Å². The molecular weight excluding hydrogens is 313 g/mol. The molecule has 1 N–H and O–H groups in total. The van der Waals surface area contributed by atoms with Gasteiger partial charge in [-0.15, -0.1) is 5.06 Å². The van der Waals surface area contributed by atoms with Crippen LogP contribution in [0.5, 0.6) is 0 Å². The number of carbonyl (C=O) groups is 2. The van der Waals surface area contributed by atoms with E-state index in [9.17, 15) is 19.1 Å². The summed E-state index contributed by atoms with van der Waals surface area (Å²) in [6.07, 6.45) is 2.26. The van der Waals surface area contributed by atoms with E-state index in [1.54, 1.807) is 24.3 Å². The van der Waals surface area contributed by atoms with E-state index in [2.05, 4.69) is 0 Å². The molecule has 0 saturated heterocycles. The number of carbonyl (C=O) groups excluding carboxylic acids is 2. The van der Waals surface area contributed by atoms with Gasteiger partial charge in [0.1, 0.15) is 11.6 Å². The van der Waals surface area contributed by atoms with E-state index in [0.717, 1.165) is 22.8 Å². The van der Waals surface area contributed by atoms with Crippen LogP contribution in [0.1, 0.15) is 28.4 Å². The van der Waals surface area contributed by atoms with Crippen molar-refractivity contribution in [2.75, 3.05) is 5.06 Å². The summed E-state index contributed by atoms with van der Waals surface area (Å²) in [6, 6.07) is 9.84. The number of aliphatic hydroxyl groups is 1. The van der Waals surface area contributed by atoms with Crippen LogP contribution in [0, 0.1) is 5.82 Å². The maximum Gasteiger partial charge on any atom is 0.330 e. The van der Waals surface area contributed by atoms with Gasteiger partial charge in [-0.05, 0) is 54.5 Å². The molecule has 2 aromatic rings. The van der Waals surface area contributed by atoms with E-state index in [1.807, 2.05) is 0 Å². The summed E-state index contributed by atoms with van der Waals surface area (Å²) in [7, 11) is 0. The van der Waals surface area contributed by atoms with Crippen LogP contribution in [0.2, 0.25) is 0 Å². The first-order valence-electron chi connectivity index (χ1n) is 7.26. The zero-order valence-corrected chi connectivity index (χ0v) is 12.8. The molecule has 2 aromatic carbocycles. The van der Waals surface area contributed by atoms with Crippen LogP contribution in [0.15, 0.2) is 48.5 Å². The summed E-state index contributed by atoms with van der Waals surface area (Å²) in [5.41, 5.74) is 1.95. The number of amides is 1. The van der Waals surface area contributed by atoms with Gasteiger partial charge in [-0.3, -0.25) is 4.79 Å². The molecule has 0 radical (unpaired) electrons. The molecule has 5 nitrogen and oxygen atoms in total. The van der Waals surface area contributed by atoms with Gasteiger partial charge in [-0.25, -0.2) is 9.18 Å². The lowest BCUT2D eigenvalue weighted by atomic mass is 10.1. The minimum atomic E-state index is -0.675. The van der Waals surface area contributed by atoms with Gasteiger partial charge in [-0.1, -0.05) is 6.07 Å². The molecule has 122 valence electrons. The zero-order chi connectivity index (χ0) is 17.3. The number of halogens is 1. The average molecular weight is 327 g/mol. The predicted molar refractivity (Wildman–Crippen MR) is 85.7 cm³/mol. The lowest BCUT2D eigenvalue weighted by Gasteiger charge is -2.21. The Morgan fingerprint density at radius 2 is 1.88 bits per heavy atom. The number of rotatable bonds is 2. The fourth-order valence-corrected chi connectivity index (χ4v) is 2.47. The zero-order valence-electron chi connectivity index (χ0n) is 12.8. The van der Waals surface area contributed by atoms with Crippen molar-refractivity contribution < 1.29 is 23.9 Å². The van der Waals surface area contributed by atoms with Gasteiger partial charge in [0.2, 0.25) is 0 Å². The first-order valence-corrected chi connectivity index (χ1v) is 7.26. The van der Waals surface area contributed by atoms with Crippen LogP contribution in [0.25, 0.3) is 5.76 Å². The lowest BCUT2D eigenvalue weighted by Crippen LogP contribution is -2.33. The smallest absolute Gasteiger partial charge is 0.330 e. The quantitative estimate of drug-likeness (QED) is 0.859. The molecule has 0 bridgehead atoms. The maximum absolute atomic E-state index is 13.0. The molecule has 1 amide bonds. The number of hydrogen-bond acceptors (Lipinski definition) is 4. The van der Waals surface area contributed by atoms with Crippen LogP contribution in [0.4, 0.5) is 10.1 Å². The van der Waals surface area contributed by atoms with Crippen molar-refractivity contribution in [1.29, 1.82) is 0 Å². The Kier molecular flexibility index (Phi) is 4.04. The highest BCUT2D eigenvalue weighted by atomic mass is 19.1. The second-order valence-electron chi connectivity index (χ2n) is 5.32. The van der Waals surface area contributed by atoms with Gasteiger partial charge in [0.05, 0.1) is 5.69 Å². The molecule has 0 unspecified atom stereocenters. The molecule has 0 spiro atoms. The second kappa shape index (κ2) is 6.16. The molecule has 0 heterocycles. The SMILES string of the molecule is CC(=O)ON(C(=O)c1ccc(F)cc1)c1ccc2c(c1)C(O)=CC2. The molecule has 0 aromatic heterocycles. The van der Waals surface area contributed by atoms with E-state index in [1.165, 1.54) is 19.1 Å². The fourth-order valence-electron chi connectivity index (χ4n) is 2.47. The summed E-state index contributed by atoms with van der Waals surface area (Å²) < 4.78 is 13.0. The van der Waals surface area contributed by atoms with Gasteiger partial charge in [0, 0.05) is 18.1 Å². The van der Waals surface area contributed by atoms with Gasteiger partial charge < -0.3 is 9.94 Å². The molecule has 3 rings (SSSR count). The molecule has 0 fully saturated rings. The number of aliphatic hydroxyl groups excluding tert-OH is 1. The van der Waals surface area contributed by atoms with Crippen LogP contribution in [-0.2, 0) is 16.1 Å². The molecule has 0 aliphatic heterocycles. The minimum Gasteiger partial charge on any atom is -0.508 e. The number of anilines is 1. The number of nitrogens with zero attached hydrogens (tertiary/aromatic N) is 1. The summed E-state index contributed by atoms with van der Waals surface area (Å²) in [4.78, 5) is 29.0. The highest BCUT2D eigenvalue weighted by Crippen LogP contribution is 2.30. The maximum atomic E-state index is 13.0. The summed E-state index contributed by atoms with van der Waals surface area (Å²) in [5.74, 6) is -1.65. The van der Waals surface area contributed by atoms with Gasteiger partial charge in [-0.2, -0.15) is 0 Å². The number of hydroxylamine groups is 1. The van der Waals surface area contributed by atoms with Crippen molar-refractivity contribution in [3.8, 4) is 0 Å². The third kappa shape index (κ3) is 2.99. The average Bonchev–Trinajstić information content (AvgIpc) is 2.93. The van der Waals surface area contributed by atoms with Crippen LogP contribution in [0.3, 0.4) is 0 Å². The Morgan fingerprint density at radius 3 is 2.54 bits per heavy atom. The first-order chi connectivity index (χ1) is 11.5. The highest BCUT2D eigenvalue weighted by molar-refractivity contribution is 6.05. The Labute approximate surface area is 137 Å². The second-order valence-corrected chi connectivity index (χ2v) is 5.32. The van der Waals surface area contributed by atoms with Crippen molar-refractivity contribution in [2.24, 2.45) is 0 Å². The molecule has 1 aliphatic carbocycles. The van der Waals surface area contributed by atoms with E-state index in [4.69, 9.17) is 4.84 Å². The Morgan fingerprint density at radius 1 is 1.17 bits per heavy atom. The largest absolute Gasteiger partial charge is 0.508 e. The standard InChI is InChI=1S/C18H14FNO4/c1-11(21)24-20(18(23)13-2-6-14(19)7-3-13)15-8-4-12-5-9-17(22)16(12)10-15/h2-4,6-10,22H,5H2,1H3. The Bertz CT molecular complexity index is 843. The fraction of sp³-hybridized carbons (Fsp3) is 0.111. The predicted octanol–water partition coefficient (Wildman–Crippen LogP) is 3.41. The van der Waals surface area contributed by atoms with Crippen molar-refractivity contribution in [2.45, 2.75) is 13.3 Å². The van der Waals surface area contributed by atoms with Gasteiger partial charge in [0.25, 0.3) is 5.91 Å². The Balaban J connectivity index is 1.99. The van der Waals surface area contributed by atoms with E-state index < -0.39 is 17.7 Å². The summed E-state index contributed by atoms with van der Waals surface area (Å²) in [5, 5.41) is 10.7. The third-order valence-corrected chi connectivity index (χ3v) is 3.61. The monoisotopic (exact) mass is 327 g/mol. The van der Waals surface area contributed by atoms with Crippen molar-refractivity contribution in [3.05, 3.63) is 71.0 Å². The highest BCUT2D eigenvalue weighted by Gasteiger charge is 2.24. The van der Waals surface area contributed by atoms with Gasteiger partial charge in [0.15, 0.2) is 0 Å². The van der Waals surface area contributed by atoms with E-state index in [-0.39, 0.29) is 11.3 Å². The minimum absolute atomic E-state index is 0.115.